The molecule has 3 aromatic rings. The normalized spacial score (nSPS) is 16.6. The number of fused-ring (bicyclic) bond motifs is 1. The molecule has 0 aliphatic carbocycles. The molecule has 1 fully saturated rings. The van der Waals surface area contributed by atoms with Crippen molar-refractivity contribution in [3.63, 3.8) is 0 Å². The number of rotatable bonds is 5. The number of ether oxygens (including phenoxy) is 1. The number of pyridine rings is 1. The van der Waals surface area contributed by atoms with Crippen molar-refractivity contribution in [2.24, 2.45) is 0 Å². The third-order valence-corrected chi connectivity index (χ3v) is 5.52. The SMILES string of the molecule is COCCn1c(C2CCN(C(=O)Nc3ccc(Br)cc3)C2)nc2cccnc21. The van der Waals surface area contributed by atoms with E-state index < -0.39 is 0 Å². The number of imidazole rings is 1. The van der Waals surface area contributed by atoms with Gasteiger partial charge < -0.3 is 19.5 Å². The van der Waals surface area contributed by atoms with E-state index in [1.54, 1.807) is 13.3 Å². The van der Waals surface area contributed by atoms with Crippen molar-refractivity contribution in [2.75, 3.05) is 32.1 Å². The van der Waals surface area contributed by atoms with E-state index in [2.05, 4.69) is 30.8 Å². The summed E-state index contributed by atoms with van der Waals surface area (Å²) in [5.74, 6) is 1.16. The summed E-state index contributed by atoms with van der Waals surface area (Å²) in [6.07, 6.45) is 2.66. The lowest BCUT2D eigenvalue weighted by atomic mass is 10.1. The third-order valence-electron chi connectivity index (χ3n) is 4.99. The average molecular weight is 444 g/mol. The standard InChI is InChI=1S/C20H22BrN5O2/c1-28-12-11-26-18(24-17-3-2-9-22-19(17)26)14-8-10-25(13-14)20(27)23-16-6-4-15(21)5-7-16/h2-7,9,14H,8,10-13H2,1H3,(H,23,27). The Morgan fingerprint density at radius 1 is 1.32 bits per heavy atom. The number of carbonyl (C=O) groups is 1. The van der Waals surface area contributed by atoms with Crippen LogP contribution in [0.5, 0.6) is 0 Å². The van der Waals surface area contributed by atoms with Crippen molar-refractivity contribution in [3.05, 3.63) is 52.9 Å². The Morgan fingerprint density at radius 2 is 2.14 bits per heavy atom. The van der Waals surface area contributed by atoms with Gasteiger partial charge in [-0.2, -0.15) is 0 Å². The highest BCUT2D eigenvalue weighted by molar-refractivity contribution is 9.10. The summed E-state index contributed by atoms with van der Waals surface area (Å²) in [7, 11) is 1.69. The molecule has 4 rings (SSSR count). The maximum absolute atomic E-state index is 12.6. The Labute approximate surface area is 171 Å². The fraction of sp³-hybridized carbons (Fsp3) is 0.350. The van der Waals surface area contributed by atoms with Crippen molar-refractivity contribution in [1.29, 1.82) is 0 Å². The molecule has 2 amide bonds. The van der Waals surface area contributed by atoms with E-state index in [1.807, 2.05) is 41.3 Å². The predicted octanol–water partition coefficient (Wildman–Crippen LogP) is 3.86. The van der Waals surface area contributed by atoms with E-state index in [1.165, 1.54) is 0 Å². The topological polar surface area (TPSA) is 72.3 Å². The minimum absolute atomic E-state index is 0.0810. The van der Waals surface area contributed by atoms with E-state index in [0.717, 1.165) is 33.6 Å². The second kappa shape index (κ2) is 8.28. The Balaban J connectivity index is 1.50. The van der Waals surface area contributed by atoms with Gasteiger partial charge in [0.25, 0.3) is 0 Å². The van der Waals surface area contributed by atoms with Crippen molar-refractivity contribution in [1.82, 2.24) is 19.4 Å². The van der Waals surface area contributed by atoms with Gasteiger partial charge in [0.15, 0.2) is 5.65 Å². The number of hydrogen-bond acceptors (Lipinski definition) is 4. The zero-order valence-electron chi connectivity index (χ0n) is 15.6. The van der Waals surface area contributed by atoms with Gasteiger partial charge in [0, 0.05) is 49.0 Å². The lowest BCUT2D eigenvalue weighted by Gasteiger charge is -2.18. The highest BCUT2D eigenvalue weighted by Crippen LogP contribution is 2.29. The number of urea groups is 1. The molecule has 8 heteroatoms. The number of likely N-dealkylation sites (tertiary alicyclic amines) is 1. The minimum Gasteiger partial charge on any atom is -0.383 e. The number of nitrogens with one attached hydrogen (secondary N) is 1. The zero-order valence-corrected chi connectivity index (χ0v) is 17.2. The van der Waals surface area contributed by atoms with Crippen molar-refractivity contribution < 1.29 is 9.53 Å². The molecule has 7 nitrogen and oxygen atoms in total. The van der Waals surface area contributed by atoms with Crippen LogP contribution in [-0.4, -0.2) is 52.3 Å². The molecule has 28 heavy (non-hydrogen) atoms. The summed E-state index contributed by atoms with van der Waals surface area (Å²) < 4.78 is 8.37. The second-order valence-corrected chi connectivity index (χ2v) is 7.74. The highest BCUT2D eigenvalue weighted by atomic mass is 79.9. The van der Waals surface area contributed by atoms with Gasteiger partial charge in [0.2, 0.25) is 0 Å². The average Bonchev–Trinajstić information content (AvgIpc) is 3.33. The van der Waals surface area contributed by atoms with Crippen molar-refractivity contribution >= 4 is 38.8 Å². The molecule has 2 aromatic heterocycles. The Hall–Kier alpha value is -2.45. The van der Waals surface area contributed by atoms with Gasteiger partial charge in [-0.3, -0.25) is 0 Å². The van der Waals surface area contributed by atoms with E-state index in [4.69, 9.17) is 9.72 Å². The van der Waals surface area contributed by atoms with Crippen LogP contribution in [-0.2, 0) is 11.3 Å². The molecule has 3 heterocycles. The molecule has 0 bridgehead atoms. The van der Waals surface area contributed by atoms with E-state index in [9.17, 15) is 4.79 Å². The monoisotopic (exact) mass is 443 g/mol. The van der Waals surface area contributed by atoms with E-state index in [-0.39, 0.29) is 11.9 Å². The van der Waals surface area contributed by atoms with Gasteiger partial charge in [-0.15, -0.1) is 0 Å². The van der Waals surface area contributed by atoms with E-state index >= 15 is 0 Å². The quantitative estimate of drug-likeness (QED) is 0.649. The number of benzene rings is 1. The number of nitrogens with zero attached hydrogens (tertiary/aromatic N) is 4. The Kier molecular flexibility index (Phi) is 5.59. The summed E-state index contributed by atoms with van der Waals surface area (Å²) in [5, 5.41) is 2.97. The number of amides is 2. The number of methoxy groups -OCH3 is 1. The first kappa shape index (κ1) is 18.9. The fourth-order valence-electron chi connectivity index (χ4n) is 3.58. The molecule has 1 atom stereocenters. The number of carbonyl (C=O) groups excluding carboxylic acids is 1. The molecule has 1 aliphatic heterocycles. The second-order valence-electron chi connectivity index (χ2n) is 6.83. The molecular formula is C20H22BrN5O2. The molecule has 0 saturated carbocycles. The van der Waals surface area contributed by atoms with Crippen molar-refractivity contribution in [3.8, 4) is 0 Å². The summed E-state index contributed by atoms with van der Waals surface area (Å²) >= 11 is 3.40. The molecule has 0 radical (unpaired) electrons. The maximum atomic E-state index is 12.6. The lowest BCUT2D eigenvalue weighted by Crippen LogP contribution is -2.33. The summed E-state index contributed by atoms with van der Waals surface area (Å²) in [6.45, 7) is 2.63. The van der Waals surface area contributed by atoms with Crippen LogP contribution in [0.1, 0.15) is 18.2 Å². The van der Waals surface area contributed by atoms with Crippen LogP contribution in [0.15, 0.2) is 47.1 Å². The van der Waals surface area contributed by atoms with Gasteiger partial charge in [-0.05, 0) is 42.8 Å². The van der Waals surface area contributed by atoms with Gasteiger partial charge in [0.1, 0.15) is 11.3 Å². The lowest BCUT2D eigenvalue weighted by molar-refractivity contribution is 0.186. The van der Waals surface area contributed by atoms with Crippen LogP contribution in [0.4, 0.5) is 10.5 Å². The largest absolute Gasteiger partial charge is 0.383 e. The number of anilines is 1. The fourth-order valence-corrected chi connectivity index (χ4v) is 3.85. The first-order valence-corrected chi connectivity index (χ1v) is 10.1. The number of hydrogen-bond donors (Lipinski definition) is 1. The molecule has 1 unspecified atom stereocenters. The molecule has 1 aromatic carbocycles. The van der Waals surface area contributed by atoms with Crippen LogP contribution >= 0.6 is 15.9 Å². The minimum atomic E-state index is -0.0810. The Bertz CT molecular complexity index is 972. The summed E-state index contributed by atoms with van der Waals surface area (Å²) in [6, 6.07) is 11.4. The van der Waals surface area contributed by atoms with Crippen molar-refractivity contribution in [2.45, 2.75) is 18.9 Å². The van der Waals surface area contributed by atoms with Gasteiger partial charge >= 0.3 is 6.03 Å². The maximum Gasteiger partial charge on any atom is 0.321 e. The first-order valence-electron chi connectivity index (χ1n) is 9.27. The Morgan fingerprint density at radius 3 is 2.93 bits per heavy atom. The van der Waals surface area contributed by atoms with Crippen LogP contribution in [0.2, 0.25) is 0 Å². The molecule has 1 saturated heterocycles. The van der Waals surface area contributed by atoms with E-state index in [0.29, 0.717) is 26.2 Å². The van der Waals surface area contributed by atoms with Gasteiger partial charge in [-0.25, -0.2) is 14.8 Å². The van der Waals surface area contributed by atoms with Gasteiger partial charge in [0.05, 0.1) is 6.61 Å². The highest BCUT2D eigenvalue weighted by Gasteiger charge is 2.31. The first-order chi connectivity index (χ1) is 13.7. The third kappa shape index (κ3) is 3.88. The molecular weight excluding hydrogens is 422 g/mol. The summed E-state index contributed by atoms with van der Waals surface area (Å²) in [5.41, 5.74) is 2.53. The van der Waals surface area contributed by atoms with Gasteiger partial charge in [-0.1, -0.05) is 15.9 Å². The van der Waals surface area contributed by atoms with Crippen LogP contribution < -0.4 is 5.32 Å². The molecule has 1 N–H and O–H groups in total. The van der Waals surface area contributed by atoms with Crippen LogP contribution in [0.25, 0.3) is 11.2 Å². The zero-order chi connectivity index (χ0) is 19.5. The molecule has 0 spiro atoms. The number of aromatic nitrogens is 3. The van der Waals surface area contributed by atoms with Crippen LogP contribution in [0, 0.1) is 0 Å². The molecule has 1 aliphatic rings. The predicted molar refractivity (Wildman–Crippen MR) is 111 cm³/mol. The molecule has 146 valence electrons. The summed E-state index contributed by atoms with van der Waals surface area (Å²) in [4.78, 5) is 23.8. The number of halogens is 1. The smallest absolute Gasteiger partial charge is 0.321 e. The van der Waals surface area contributed by atoms with Crippen LogP contribution in [0.3, 0.4) is 0 Å².